The molecule has 1 aromatic carbocycles. The van der Waals surface area contributed by atoms with Gasteiger partial charge in [0.05, 0.1) is 11.6 Å². The van der Waals surface area contributed by atoms with Crippen molar-refractivity contribution in [1.29, 1.82) is 0 Å². The van der Waals surface area contributed by atoms with E-state index in [-0.39, 0.29) is 0 Å². The maximum absolute atomic E-state index is 5.86. The lowest BCUT2D eigenvalue weighted by Crippen LogP contribution is -1.97. The molecule has 3 aromatic rings. The highest BCUT2D eigenvalue weighted by atomic mass is 35.5. The first kappa shape index (κ1) is 13.3. The molecule has 3 nitrogen and oxygen atoms in total. The number of alkyl halides is 1. The number of pyridine rings is 1. The molecule has 0 atom stereocenters. The van der Waals surface area contributed by atoms with Gasteiger partial charge >= 0.3 is 0 Å². The van der Waals surface area contributed by atoms with Crippen LogP contribution in [-0.2, 0) is 12.5 Å². The van der Waals surface area contributed by atoms with Gasteiger partial charge in [0.25, 0.3) is 0 Å². The van der Waals surface area contributed by atoms with Crippen molar-refractivity contribution in [1.82, 2.24) is 9.97 Å². The van der Waals surface area contributed by atoms with Gasteiger partial charge in [-0.05, 0) is 19.1 Å². The van der Waals surface area contributed by atoms with Gasteiger partial charge in [-0.3, -0.25) is 0 Å². The molecule has 0 fully saturated rings. The third-order valence-electron chi connectivity index (χ3n) is 2.91. The van der Waals surface area contributed by atoms with E-state index in [9.17, 15) is 0 Å². The molecule has 0 amide bonds. The molecule has 102 valence electrons. The highest BCUT2D eigenvalue weighted by molar-refractivity contribution is 7.09. The first-order valence-electron chi connectivity index (χ1n) is 6.24. The Morgan fingerprint density at radius 2 is 2.10 bits per heavy atom. The predicted molar refractivity (Wildman–Crippen MR) is 82.5 cm³/mol. The Bertz CT molecular complexity index is 742. The van der Waals surface area contributed by atoms with Crippen LogP contribution in [0.15, 0.2) is 35.7 Å². The molecule has 0 aliphatic heterocycles. The molecule has 3 rings (SSSR count). The van der Waals surface area contributed by atoms with Crippen molar-refractivity contribution in [2.45, 2.75) is 19.4 Å². The smallest absolute Gasteiger partial charge is 0.146 e. The highest BCUT2D eigenvalue weighted by Crippen LogP contribution is 2.25. The van der Waals surface area contributed by atoms with Crippen LogP contribution in [0.3, 0.4) is 0 Å². The molecule has 0 aliphatic rings. The second-order valence-electron chi connectivity index (χ2n) is 4.44. The van der Waals surface area contributed by atoms with Crippen LogP contribution in [0.2, 0.25) is 0 Å². The number of hydrogen-bond acceptors (Lipinski definition) is 4. The monoisotopic (exact) mass is 304 g/mol. The Morgan fingerprint density at radius 1 is 1.20 bits per heavy atom. The maximum Gasteiger partial charge on any atom is 0.146 e. The summed E-state index contributed by atoms with van der Waals surface area (Å²) in [4.78, 5) is 8.93. The standard InChI is InChI=1S/C15H13ClN2OS/c1-10-5-6-11-3-2-4-13(15(11)17-10)19-8-14-18-12(7-16)9-20-14/h2-6,9H,7-8H2,1H3. The molecular formula is C15H13ClN2OS. The van der Waals surface area contributed by atoms with Crippen molar-refractivity contribution >= 4 is 33.8 Å². The molecule has 0 spiro atoms. The Kier molecular flexibility index (Phi) is 3.85. The lowest BCUT2D eigenvalue weighted by Gasteiger charge is -2.07. The summed E-state index contributed by atoms with van der Waals surface area (Å²) in [6.07, 6.45) is 0. The molecular weight excluding hydrogens is 292 g/mol. The molecule has 2 aromatic heterocycles. The number of thiazole rings is 1. The molecule has 0 saturated carbocycles. The first-order chi connectivity index (χ1) is 9.76. The normalized spacial score (nSPS) is 10.9. The van der Waals surface area contributed by atoms with Gasteiger partial charge < -0.3 is 4.74 Å². The van der Waals surface area contributed by atoms with E-state index in [2.05, 4.69) is 16.0 Å². The quantitative estimate of drug-likeness (QED) is 0.673. The van der Waals surface area contributed by atoms with Gasteiger partial charge in [-0.15, -0.1) is 22.9 Å². The van der Waals surface area contributed by atoms with Crippen LogP contribution in [0, 0.1) is 6.92 Å². The summed E-state index contributed by atoms with van der Waals surface area (Å²) in [5.74, 6) is 1.22. The number of rotatable bonds is 4. The van der Waals surface area contributed by atoms with Crippen LogP contribution in [0.5, 0.6) is 5.75 Å². The summed E-state index contributed by atoms with van der Waals surface area (Å²) >= 11 is 7.31. The number of hydrogen-bond donors (Lipinski definition) is 0. The molecule has 20 heavy (non-hydrogen) atoms. The summed E-state index contributed by atoms with van der Waals surface area (Å²) in [6, 6.07) is 9.99. The molecule has 0 N–H and O–H groups in total. The zero-order valence-electron chi connectivity index (χ0n) is 11.0. The van der Waals surface area contributed by atoms with Crippen molar-refractivity contribution in [2.24, 2.45) is 0 Å². The van der Waals surface area contributed by atoms with E-state index in [1.165, 1.54) is 0 Å². The van der Waals surface area contributed by atoms with Crippen LogP contribution < -0.4 is 4.74 Å². The van der Waals surface area contributed by atoms with Crippen LogP contribution >= 0.6 is 22.9 Å². The van der Waals surface area contributed by atoms with E-state index < -0.39 is 0 Å². The third kappa shape index (κ3) is 2.76. The van der Waals surface area contributed by atoms with E-state index >= 15 is 0 Å². The van der Waals surface area contributed by atoms with Crippen LogP contribution in [0.1, 0.15) is 16.4 Å². The number of ether oxygens (including phenoxy) is 1. The molecule has 0 bridgehead atoms. The van der Waals surface area contributed by atoms with E-state index in [0.29, 0.717) is 12.5 Å². The molecule has 0 saturated heterocycles. The number of fused-ring (bicyclic) bond motifs is 1. The number of halogens is 1. The number of aromatic nitrogens is 2. The highest BCUT2D eigenvalue weighted by Gasteiger charge is 2.06. The van der Waals surface area contributed by atoms with Crippen LogP contribution in [0.25, 0.3) is 10.9 Å². The number of para-hydroxylation sites is 1. The molecule has 0 radical (unpaired) electrons. The van der Waals surface area contributed by atoms with Gasteiger partial charge in [-0.25, -0.2) is 9.97 Å². The van der Waals surface area contributed by atoms with E-state index in [1.54, 1.807) is 11.3 Å². The van der Waals surface area contributed by atoms with Gasteiger partial charge in [0.15, 0.2) is 0 Å². The Balaban J connectivity index is 1.85. The summed E-state index contributed by atoms with van der Waals surface area (Å²) in [7, 11) is 0. The fourth-order valence-electron chi connectivity index (χ4n) is 1.95. The van der Waals surface area contributed by atoms with Gasteiger partial charge in [0.2, 0.25) is 0 Å². The molecule has 2 heterocycles. The van der Waals surface area contributed by atoms with Gasteiger partial charge in [-0.1, -0.05) is 18.2 Å². The average Bonchev–Trinajstić information content (AvgIpc) is 2.93. The van der Waals surface area contributed by atoms with E-state index in [1.807, 2.05) is 36.6 Å². The topological polar surface area (TPSA) is 35.0 Å². The zero-order valence-corrected chi connectivity index (χ0v) is 12.5. The lowest BCUT2D eigenvalue weighted by molar-refractivity contribution is 0.308. The van der Waals surface area contributed by atoms with Crippen molar-refractivity contribution in [3.8, 4) is 5.75 Å². The van der Waals surface area contributed by atoms with Crippen molar-refractivity contribution in [3.63, 3.8) is 0 Å². The van der Waals surface area contributed by atoms with Crippen molar-refractivity contribution in [3.05, 3.63) is 52.1 Å². The largest absolute Gasteiger partial charge is 0.484 e. The van der Waals surface area contributed by atoms with Gasteiger partial charge in [0.1, 0.15) is 22.9 Å². The summed E-state index contributed by atoms with van der Waals surface area (Å²) in [5, 5.41) is 3.95. The van der Waals surface area contributed by atoms with E-state index in [0.717, 1.165) is 33.0 Å². The predicted octanol–water partition coefficient (Wildman–Crippen LogP) is 4.32. The fraction of sp³-hybridized carbons (Fsp3) is 0.200. The van der Waals surface area contributed by atoms with E-state index in [4.69, 9.17) is 16.3 Å². The van der Waals surface area contributed by atoms with Crippen LogP contribution in [0.4, 0.5) is 0 Å². The fourth-order valence-corrected chi connectivity index (χ4v) is 2.88. The number of benzene rings is 1. The molecule has 0 aliphatic carbocycles. The maximum atomic E-state index is 5.86. The summed E-state index contributed by atoms with van der Waals surface area (Å²) in [6.45, 7) is 2.42. The average molecular weight is 305 g/mol. The molecule has 0 unspecified atom stereocenters. The Morgan fingerprint density at radius 3 is 2.90 bits per heavy atom. The Hall–Kier alpha value is -1.65. The number of nitrogens with zero attached hydrogens (tertiary/aromatic N) is 2. The minimum atomic E-state index is 0.436. The zero-order chi connectivity index (χ0) is 13.9. The SMILES string of the molecule is Cc1ccc2cccc(OCc3nc(CCl)cs3)c2n1. The van der Waals surface area contributed by atoms with Crippen molar-refractivity contribution < 1.29 is 4.74 Å². The first-order valence-corrected chi connectivity index (χ1v) is 7.66. The summed E-state index contributed by atoms with van der Waals surface area (Å²) in [5.41, 5.74) is 2.76. The lowest BCUT2D eigenvalue weighted by atomic mass is 10.2. The minimum Gasteiger partial charge on any atom is -0.484 e. The minimum absolute atomic E-state index is 0.436. The molecule has 5 heteroatoms. The Labute approximate surface area is 126 Å². The van der Waals surface area contributed by atoms with Gasteiger partial charge in [-0.2, -0.15) is 0 Å². The van der Waals surface area contributed by atoms with Crippen LogP contribution in [-0.4, -0.2) is 9.97 Å². The van der Waals surface area contributed by atoms with Gasteiger partial charge in [0, 0.05) is 16.5 Å². The number of aryl methyl sites for hydroxylation is 1. The van der Waals surface area contributed by atoms with Crippen molar-refractivity contribution in [2.75, 3.05) is 0 Å². The second kappa shape index (κ2) is 5.77. The summed E-state index contributed by atoms with van der Waals surface area (Å²) < 4.78 is 5.86. The third-order valence-corrected chi connectivity index (χ3v) is 4.05. The second-order valence-corrected chi connectivity index (χ2v) is 5.65.